The normalized spacial score (nSPS) is 15.0. The average molecular weight is 425 g/mol. The first-order valence-corrected chi connectivity index (χ1v) is 11.1. The van der Waals surface area contributed by atoms with Crippen molar-refractivity contribution in [1.82, 2.24) is 19.7 Å². The lowest BCUT2D eigenvalue weighted by atomic mass is 9.95. The number of aromatic nitrogens is 4. The fourth-order valence-corrected chi connectivity index (χ4v) is 4.73. The molecule has 154 valence electrons. The van der Waals surface area contributed by atoms with Gasteiger partial charge in [0.1, 0.15) is 5.82 Å². The van der Waals surface area contributed by atoms with Crippen molar-refractivity contribution in [3.05, 3.63) is 60.6 Å². The maximum atomic E-state index is 13.1. The van der Waals surface area contributed by atoms with Crippen LogP contribution in [0.3, 0.4) is 0 Å². The molecule has 0 radical (unpaired) electrons. The van der Waals surface area contributed by atoms with Gasteiger partial charge >= 0.3 is 0 Å². The maximum Gasteiger partial charge on any atom is 0.205 e. The third-order valence-corrected chi connectivity index (χ3v) is 6.28. The molecule has 3 aromatic heterocycles. The minimum absolute atomic E-state index is 0.275. The summed E-state index contributed by atoms with van der Waals surface area (Å²) < 4.78 is 26.8. The third kappa shape index (κ3) is 3.92. The van der Waals surface area contributed by atoms with Crippen molar-refractivity contribution in [2.24, 2.45) is 0 Å². The Labute approximate surface area is 177 Å². The molecule has 30 heavy (non-hydrogen) atoms. The van der Waals surface area contributed by atoms with Gasteiger partial charge in [-0.15, -0.1) is 10.2 Å². The molecule has 5 rings (SSSR count). The number of halogens is 1. The molecule has 4 aromatic rings. The molecular weight excluding hydrogens is 403 g/mol. The quantitative estimate of drug-likeness (QED) is 0.347. The van der Waals surface area contributed by atoms with Gasteiger partial charge in [0.25, 0.3) is 0 Å². The van der Waals surface area contributed by atoms with E-state index in [9.17, 15) is 4.39 Å². The van der Waals surface area contributed by atoms with Gasteiger partial charge in [0.05, 0.1) is 18.2 Å². The number of thioether (sulfide) groups is 1. The molecule has 0 N–H and O–H groups in total. The fraction of sp³-hybridized carbons (Fsp3) is 0.318. The zero-order valence-electron chi connectivity index (χ0n) is 16.3. The largest absolute Gasteiger partial charge is 0.461 e. The van der Waals surface area contributed by atoms with E-state index in [1.807, 2.05) is 12.1 Å². The van der Waals surface area contributed by atoms with Crippen LogP contribution in [0.1, 0.15) is 44.0 Å². The highest BCUT2D eigenvalue weighted by Crippen LogP contribution is 2.36. The average Bonchev–Trinajstić information content (AvgIpc) is 3.53. The minimum Gasteiger partial charge on any atom is -0.461 e. The van der Waals surface area contributed by atoms with Gasteiger partial charge in [-0.3, -0.25) is 4.57 Å². The number of oxazole rings is 1. The van der Waals surface area contributed by atoms with Crippen LogP contribution in [-0.4, -0.2) is 19.7 Å². The zero-order valence-corrected chi connectivity index (χ0v) is 17.1. The predicted octanol–water partition coefficient (Wildman–Crippen LogP) is 6.13. The maximum absolute atomic E-state index is 13.1. The van der Waals surface area contributed by atoms with Crippen molar-refractivity contribution >= 4 is 11.8 Å². The van der Waals surface area contributed by atoms with Gasteiger partial charge in [0.2, 0.25) is 11.7 Å². The lowest BCUT2D eigenvalue weighted by Crippen LogP contribution is -2.15. The third-order valence-electron chi connectivity index (χ3n) is 5.35. The first kappa shape index (κ1) is 19.1. The Balaban J connectivity index is 1.37. The van der Waals surface area contributed by atoms with Gasteiger partial charge in [-0.1, -0.05) is 31.0 Å². The van der Waals surface area contributed by atoms with E-state index in [1.165, 1.54) is 31.4 Å². The molecule has 0 atom stereocenters. The molecule has 0 unspecified atom stereocenters. The molecule has 1 fully saturated rings. The first-order chi connectivity index (χ1) is 14.8. The van der Waals surface area contributed by atoms with Gasteiger partial charge in [0, 0.05) is 11.6 Å². The van der Waals surface area contributed by atoms with Crippen molar-refractivity contribution in [2.75, 3.05) is 0 Å². The topological polar surface area (TPSA) is 69.9 Å². The predicted molar refractivity (Wildman–Crippen MR) is 111 cm³/mol. The second-order valence-electron chi connectivity index (χ2n) is 7.36. The summed E-state index contributed by atoms with van der Waals surface area (Å²) in [5, 5.41) is 9.70. The monoisotopic (exact) mass is 424 g/mol. The van der Waals surface area contributed by atoms with Crippen LogP contribution in [0.15, 0.2) is 62.8 Å². The van der Waals surface area contributed by atoms with Crippen LogP contribution in [0.5, 0.6) is 0 Å². The van der Waals surface area contributed by atoms with E-state index in [1.54, 1.807) is 36.4 Å². The molecule has 3 heterocycles. The number of nitrogens with zero attached hydrogens (tertiary/aromatic N) is 4. The molecule has 0 saturated heterocycles. The summed E-state index contributed by atoms with van der Waals surface area (Å²) in [5.41, 5.74) is 0.797. The van der Waals surface area contributed by atoms with Crippen molar-refractivity contribution in [2.45, 2.75) is 49.1 Å². The first-order valence-electron chi connectivity index (χ1n) is 10.1. The zero-order chi connectivity index (χ0) is 20.3. The Bertz CT molecular complexity index is 1100. The Morgan fingerprint density at radius 1 is 1.03 bits per heavy atom. The standard InChI is InChI=1S/C22H21FN4O2S/c23-16-10-8-15(9-11-16)19-13-24-20(29-19)14-30-22-26-25-21(18-7-4-12-28-18)27(22)17-5-2-1-3-6-17/h4,7-13,17H,1-3,5-6,14H2. The van der Waals surface area contributed by atoms with Gasteiger partial charge in [0.15, 0.2) is 16.7 Å². The molecule has 0 bridgehead atoms. The summed E-state index contributed by atoms with van der Waals surface area (Å²) in [6, 6.07) is 10.3. The van der Waals surface area contributed by atoms with Crippen LogP contribution < -0.4 is 0 Å². The molecule has 1 aliphatic rings. The molecule has 1 aromatic carbocycles. The summed E-state index contributed by atoms with van der Waals surface area (Å²) in [4.78, 5) is 4.37. The summed E-state index contributed by atoms with van der Waals surface area (Å²) in [6.45, 7) is 0. The highest BCUT2D eigenvalue weighted by Gasteiger charge is 2.25. The summed E-state index contributed by atoms with van der Waals surface area (Å²) in [5.74, 6) is 2.98. The van der Waals surface area contributed by atoms with Crippen LogP contribution in [0.25, 0.3) is 22.9 Å². The van der Waals surface area contributed by atoms with E-state index < -0.39 is 0 Å². The Hall–Kier alpha value is -2.87. The van der Waals surface area contributed by atoms with Gasteiger partial charge < -0.3 is 8.83 Å². The van der Waals surface area contributed by atoms with Crippen LogP contribution >= 0.6 is 11.8 Å². The summed E-state index contributed by atoms with van der Waals surface area (Å²) in [6.07, 6.45) is 9.27. The minimum atomic E-state index is -0.275. The van der Waals surface area contributed by atoms with Gasteiger partial charge in [-0.25, -0.2) is 9.37 Å². The van der Waals surface area contributed by atoms with Crippen LogP contribution in [0.2, 0.25) is 0 Å². The Kier molecular flexibility index (Phi) is 5.40. The number of furan rings is 1. The lowest BCUT2D eigenvalue weighted by Gasteiger charge is -2.25. The molecule has 1 saturated carbocycles. The van der Waals surface area contributed by atoms with E-state index >= 15 is 0 Å². The lowest BCUT2D eigenvalue weighted by molar-refractivity contribution is 0.337. The number of rotatable bonds is 6. The van der Waals surface area contributed by atoms with Crippen LogP contribution in [-0.2, 0) is 5.75 Å². The highest BCUT2D eigenvalue weighted by atomic mass is 32.2. The van der Waals surface area contributed by atoms with Crippen LogP contribution in [0, 0.1) is 5.82 Å². The van der Waals surface area contributed by atoms with E-state index in [2.05, 4.69) is 19.7 Å². The number of hydrogen-bond acceptors (Lipinski definition) is 6. The number of benzene rings is 1. The van der Waals surface area contributed by atoms with E-state index in [0.717, 1.165) is 35.1 Å². The molecule has 0 aliphatic heterocycles. The number of hydrogen-bond donors (Lipinski definition) is 0. The van der Waals surface area contributed by atoms with E-state index in [0.29, 0.717) is 23.4 Å². The van der Waals surface area contributed by atoms with Crippen molar-refractivity contribution < 1.29 is 13.2 Å². The molecule has 1 aliphatic carbocycles. The van der Waals surface area contributed by atoms with Gasteiger partial charge in [-0.2, -0.15) is 0 Å². The van der Waals surface area contributed by atoms with E-state index in [4.69, 9.17) is 8.83 Å². The van der Waals surface area contributed by atoms with Crippen molar-refractivity contribution in [1.29, 1.82) is 0 Å². The molecular formula is C22H21FN4O2S. The summed E-state index contributed by atoms with van der Waals surface area (Å²) in [7, 11) is 0. The Morgan fingerprint density at radius 3 is 2.63 bits per heavy atom. The second kappa shape index (κ2) is 8.47. The smallest absolute Gasteiger partial charge is 0.205 e. The highest BCUT2D eigenvalue weighted by molar-refractivity contribution is 7.98. The summed E-state index contributed by atoms with van der Waals surface area (Å²) >= 11 is 1.55. The SMILES string of the molecule is Fc1ccc(-c2cnc(CSc3nnc(-c4ccco4)n3C3CCCCC3)o2)cc1. The van der Waals surface area contributed by atoms with Gasteiger partial charge in [-0.05, 0) is 49.2 Å². The Morgan fingerprint density at radius 2 is 1.87 bits per heavy atom. The fourth-order valence-electron chi connectivity index (χ4n) is 3.87. The second-order valence-corrected chi connectivity index (χ2v) is 8.30. The molecule has 8 heteroatoms. The van der Waals surface area contributed by atoms with E-state index in [-0.39, 0.29) is 5.82 Å². The van der Waals surface area contributed by atoms with Crippen LogP contribution in [0.4, 0.5) is 4.39 Å². The molecule has 0 amide bonds. The van der Waals surface area contributed by atoms with Crippen molar-refractivity contribution in [3.63, 3.8) is 0 Å². The van der Waals surface area contributed by atoms with Crippen molar-refractivity contribution in [3.8, 4) is 22.9 Å². The molecule has 6 nitrogen and oxygen atoms in total. The molecule has 0 spiro atoms.